The number of nitrogens with zero attached hydrogens (tertiary/aromatic N) is 1. The standard InChI is InChI=1S/C21H23F3N2O3/c22-21(23,24)29-15-3-1-2-13(10-15)19-8-9-26(12-14(19)11-19)18(28)16-4-6-20(16)7-5-17(27)25-20/h1-3,10,14,16H,4-9,11-12H2,(H,25,27). The smallest absolute Gasteiger partial charge is 0.406 e. The number of benzene rings is 1. The zero-order chi connectivity index (χ0) is 20.4. The fourth-order valence-corrected chi connectivity index (χ4v) is 5.72. The maximum atomic E-state index is 13.1. The predicted octanol–water partition coefficient (Wildman–Crippen LogP) is 3.13. The second-order valence-electron chi connectivity index (χ2n) is 8.96. The summed E-state index contributed by atoms with van der Waals surface area (Å²) in [5, 5.41) is 3.02. The first-order valence-electron chi connectivity index (χ1n) is 10.2. The van der Waals surface area contributed by atoms with E-state index < -0.39 is 6.36 Å². The van der Waals surface area contributed by atoms with Crippen LogP contribution in [0.5, 0.6) is 5.75 Å². The summed E-state index contributed by atoms with van der Waals surface area (Å²) in [7, 11) is 0. The molecule has 1 aromatic rings. The fourth-order valence-electron chi connectivity index (χ4n) is 5.72. The topological polar surface area (TPSA) is 58.6 Å². The molecule has 0 aromatic heterocycles. The van der Waals surface area contributed by atoms with Crippen molar-refractivity contribution in [3.63, 3.8) is 0 Å². The number of piperidine rings is 1. The lowest BCUT2D eigenvalue weighted by atomic mass is 9.65. The van der Waals surface area contributed by atoms with E-state index in [4.69, 9.17) is 0 Å². The molecule has 2 saturated heterocycles. The van der Waals surface area contributed by atoms with Crippen molar-refractivity contribution in [3.05, 3.63) is 29.8 Å². The molecule has 5 nitrogen and oxygen atoms in total. The number of hydrogen-bond donors (Lipinski definition) is 1. The van der Waals surface area contributed by atoms with Gasteiger partial charge in [0.1, 0.15) is 5.75 Å². The third-order valence-corrected chi connectivity index (χ3v) is 7.49. The van der Waals surface area contributed by atoms with E-state index in [1.807, 2.05) is 11.0 Å². The van der Waals surface area contributed by atoms with Crippen LogP contribution in [0.2, 0.25) is 0 Å². The Morgan fingerprint density at radius 1 is 1.24 bits per heavy atom. The van der Waals surface area contributed by atoms with Gasteiger partial charge >= 0.3 is 6.36 Å². The Bertz CT molecular complexity index is 873. The van der Waals surface area contributed by atoms with E-state index in [-0.39, 0.29) is 40.4 Å². The summed E-state index contributed by atoms with van der Waals surface area (Å²) in [6.45, 7) is 1.23. The number of fused-ring (bicyclic) bond motifs is 1. The molecule has 4 atom stereocenters. The van der Waals surface area contributed by atoms with E-state index >= 15 is 0 Å². The van der Waals surface area contributed by atoms with Crippen molar-refractivity contribution in [2.24, 2.45) is 11.8 Å². The van der Waals surface area contributed by atoms with Gasteiger partial charge in [-0.2, -0.15) is 0 Å². The molecule has 4 fully saturated rings. The van der Waals surface area contributed by atoms with Crippen LogP contribution in [0.4, 0.5) is 13.2 Å². The summed E-state index contributed by atoms with van der Waals surface area (Å²) in [6, 6.07) is 6.25. The third-order valence-electron chi connectivity index (χ3n) is 7.49. The fraction of sp³-hybridized carbons (Fsp3) is 0.619. The Morgan fingerprint density at radius 2 is 2.07 bits per heavy atom. The highest BCUT2D eigenvalue weighted by Crippen LogP contribution is 2.60. The van der Waals surface area contributed by atoms with Gasteiger partial charge in [-0.25, -0.2) is 0 Å². The molecule has 4 aliphatic rings. The molecule has 0 radical (unpaired) electrons. The molecule has 8 heteroatoms. The minimum Gasteiger partial charge on any atom is -0.406 e. The number of nitrogens with one attached hydrogen (secondary N) is 1. The van der Waals surface area contributed by atoms with Crippen molar-refractivity contribution in [2.45, 2.75) is 55.8 Å². The van der Waals surface area contributed by atoms with Gasteiger partial charge < -0.3 is 15.0 Å². The molecule has 0 bridgehead atoms. The Kier molecular flexibility index (Phi) is 3.96. The van der Waals surface area contributed by atoms with Crippen LogP contribution in [0.25, 0.3) is 0 Å². The Labute approximate surface area is 166 Å². The number of carbonyl (C=O) groups is 2. The van der Waals surface area contributed by atoms with Crippen molar-refractivity contribution in [2.75, 3.05) is 13.1 Å². The Hall–Kier alpha value is -2.25. The minimum absolute atomic E-state index is 0.0308. The molecule has 2 heterocycles. The molecule has 2 aliphatic heterocycles. The summed E-state index contributed by atoms with van der Waals surface area (Å²) in [6.07, 6.45) is -0.195. The van der Waals surface area contributed by atoms with Crippen LogP contribution in [0.3, 0.4) is 0 Å². The SMILES string of the molecule is O=C1CCC2(CCC2C(=O)N2CCC3(c4cccc(OC(F)(F)F)c4)CC3C2)N1. The average Bonchev–Trinajstić information content (AvgIpc) is 3.25. The van der Waals surface area contributed by atoms with Crippen LogP contribution < -0.4 is 10.1 Å². The predicted molar refractivity (Wildman–Crippen MR) is 96.9 cm³/mol. The molecule has 1 N–H and O–H groups in total. The maximum absolute atomic E-state index is 13.1. The average molecular weight is 408 g/mol. The van der Waals surface area contributed by atoms with Gasteiger partial charge in [-0.05, 0) is 55.7 Å². The monoisotopic (exact) mass is 408 g/mol. The summed E-state index contributed by atoms with van der Waals surface area (Å²) in [5.74, 6) is 0.0811. The molecule has 4 unspecified atom stereocenters. The van der Waals surface area contributed by atoms with E-state index in [0.717, 1.165) is 37.7 Å². The number of carbonyl (C=O) groups excluding carboxylic acids is 2. The van der Waals surface area contributed by atoms with Gasteiger partial charge in [0.2, 0.25) is 11.8 Å². The van der Waals surface area contributed by atoms with E-state index in [2.05, 4.69) is 10.1 Å². The summed E-state index contributed by atoms with van der Waals surface area (Å²) in [5.41, 5.74) is 0.371. The van der Waals surface area contributed by atoms with Gasteiger partial charge in [0, 0.05) is 24.9 Å². The van der Waals surface area contributed by atoms with Gasteiger partial charge in [0.25, 0.3) is 0 Å². The van der Waals surface area contributed by atoms with E-state index in [0.29, 0.717) is 19.5 Å². The minimum atomic E-state index is -4.70. The second-order valence-corrected chi connectivity index (χ2v) is 8.96. The number of halogens is 3. The molecule has 1 aromatic carbocycles. The highest BCUT2D eigenvalue weighted by atomic mass is 19.4. The molecular weight excluding hydrogens is 385 g/mol. The molecule has 2 saturated carbocycles. The molecule has 2 amide bonds. The van der Waals surface area contributed by atoms with Crippen molar-refractivity contribution < 1.29 is 27.5 Å². The van der Waals surface area contributed by atoms with E-state index in [9.17, 15) is 22.8 Å². The van der Waals surface area contributed by atoms with Gasteiger partial charge in [-0.15, -0.1) is 13.2 Å². The lowest BCUT2D eigenvalue weighted by Gasteiger charge is -2.48. The molecule has 156 valence electrons. The highest BCUT2D eigenvalue weighted by Gasteiger charge is 2.60. The quantitative estimate of drug-likeness (QED) is 0.836. The lowest BCUT2D eigenvalue weighted by molar-refractivity contribution is -0.274. The number of ether oxygens (including phenoxy) is 1. The molecular formula is C21H23F3N2O3. The first-order chi connectivity index (χ1) is 13.7. The van der Waals surface area contributed by atoms with E-state index in [1.54, 1.807) is 6.07 Å². The van der Waals surface area contributed by atoms with Crippen LogP contribution in [0.15, 0.2) is 24.3 Å². The van der Waals surface area contributed by atoms with Crippen LogP contribution in [-0.4, -0.2) is 41.7 Å². The largest absolute Gasteiger partial charge is 0.573 e. The molecule has 29 heavy (non-hydrogen) atoms. The Balaban J connectivity index is 1.26. The van der Waals surface area contributed by atoms with Crippen LogP contribution >= 0.6 is 0 Å². The maximum Gasteiger partial charge on any atom is 0.573 e. The van der Waals surface area contributed by atoms with Crippen molar-refractivity contribution >= 4 is 11.8 Å². The summed E-state index contributed by atoms with van der Waals surface area (Å²) >= 11 is 0. The van der Waals surface area contributed by atoms with E-state index in [1.165, 1.54) is 12.1 Å². The van der Waals surface area contributed by atoms with Crippen LogP contribution in [0, 0.1) is 11.8 Å². The van der Waals surface area contributed by atoms with Crippen molar-refractivity contribution in [1.82, 2.24) is 10.2 Å². The normalized spacial score (nSPS) is 35.7. The number of likely N-dealkylation sites (tertiary alicyclic amines) is 1. The number of alkyl halides is 3. The Morgan fingerprint density at radius 3 is 2.69 bits per heavy atom. The van der Waals surface area contributed by atoms with Crippen molar-refractivity contribution in [3.8, 4) is 5.75 Å². The first-order valence-corrected chi connectivity index (χ1v) is 10.2. The number of hydrogen-bond acceptors (Lipinski definition) is 3. The zero-order valence-corrected chi connectivity index (χ0v) is 15.9. The second kappa shape index (κ2) is 6.12. The van der Waals surface area contributed by atoms with Crippen LogP contribution in [-0.2, 0) is 15.0 Å². The number of rotatable bonds is 3. The summed E-state index contributed by atoms with van der Waals surface area (Å²) < 4.78 is 41.7. The lowest BCUT2D eigenvalue weighted by Crippen LogP contribution is -2.61. The van der Waals surface area contributed by atoms with Crippen molar-refractivity contribution in [1.29, 1.82) is 0 Å². The van der Waals surface area contributed by atoms with Gasteiger partial charge in [0.05, 0.1) is 11.5 Å². The van der Waals surface area contributed by atoms with Gasteiger partial charge in [-0.1, -0.05) is 12.1 Å². The zero-order valence-electron chi connectivity index (χ0n) is 15.9. The number of amides is 2. The van der Waals surface area contributed by atoms with Gasteiger partial charge in [-0.3, -0.25) is 9.59 Å². The third kappa shape index (κ3) is 3.07. The van der Waals surface area contributed by atoms with Crippen LogP contribution in [0.1, 0.15) is 44.1 Å². The molecule has 2 aliphatic carbocycles. The molecule has 5 rings (SSSR count). The molecule has 1 spiro atoms. The van der Waals surface area contributed by atoms with Gasteiger partial charge in [0.15, 0.2) is 0 Å². The first kappa shape index (κ1) is 18.8. The highest BCUT2D eigenvalue weighted by molar-refractivity contribution is 5.86. The summed E-state index contributed by atoms with van der Waals surface area (Å²) in [4.78, 5) is 26.6.